The minimum Gasteiger partial charge on any atom is -0.387 e. The second kappa shape index (κ2) is 6.31. The molecule has 0 aliphatic carbocycles. The number of hydrogen-bond acceptors (Lipinski definition) is 3. The molecular weight excluding hydrogens is 226 g/mol. The molecule has 94 valence electrons. The van der Waals surface area contributed by atoms with Crippen molar-refractivity contribution >= 4 is 0 Å². The van der Waals surface area contributed by atoms with Gasteiger partial charge in [-0.1, -0.05) is 60.7 Å². The van der Waals surface area contributed by atoms with Crippen molar-refractivity contribution in [3.8, 4) is 0 Å². The summed E-state index contributed by atoms with van der Waals surface area (Å²) < 4.78 is 0. The number of aliphatic hydroxyl groups is 1. The first-order chi connectivity index (χ1) is 8.75. The van der Waals surface area contributed by atoms with Crippen LogP contribution in [0.4, 0.5) is 0 Å². The van der Waals surface area contributed by atoms with Crippen LogP contribution in [-0.2, 0) is 6.54 Å². The maximum Gasteiger partial charge on any atom is 0.0940 e. The molecule has 0 spiro atoms. The van der Waals surface area contributed by atoms with Crippen LogP contribution in [0.5, 0.6) is 0 Å². The highest BCUT2D eigenvalue weighted by Gasteiger charge is 2.11. The molecule has 0 aliphatic heterocycles. The van der Waals surface area contributed by atoms with Gasteiger partial charge in [-0.25, -0.2) is 0 Å². The van der Waals surface area contributed by atoms with Crippen LogP contribution < -0.4 is 0 Å². The lowest BCUT2D eigenvalue weighted by molar-refractivity contribution is -0.121. The summed E-state index contributed by atoms with van der Waals surface area (Å²) in [6.45, 7) is 0.601. The van der Waals surface area contributed by atoms with E-state index in [0.29, 0.717) is 6.54 Å². The standard InChI is InChI=1S/C15H17NO2/c17-15(14-9-5-2-6-10-14)12-16(18)11-13-7-3-1-4-8-13/h1-10,15,17-18H,11-12H2/t15-/m1/s1. The Morgan fingerprint density at radius 2 is 1.44 bits per heavy atom. The van der Waals surface area contributed by atoms with Crippen molar-refractivity contribution in [1.29, 1.82) is 0 Å². The van der Waals surface area contributed by atoms with Gasteiger partial charge in [-0.3, -0.25) is 0 Å². The molecule has 2 aromatic carbocycles. The maximum absolute atomic E-state index is 9.97. The van der Waals surface area contributed by atoms with E-state index in [9.17, 15) is 10.3 Å². The Morgan fingerprint density at radius 3 is 2.06 bits per heavy atom. The molecule has 2 rings (SSSR count). The van der Waals surface area contributed by atoms with Gasteiger partial charge in [0.2, 0.25) is 0 Å². The fourth-order valence-corrected chi connectivity index (χ4v) is 1.84. The predicted molar refractivity (Wildman–Crippen MR) is 70.0 cm³/mol. The molecule has 0 saturated heterocycles. The third kappa shape index (κ3) is 3.67. The quantitative estimate of drug-likeness (QED) is 0.793. The lowest BCUT2D eigenvalue weighted by Gasteiger charge is -2.19. The van der Waals surface area contributed by atoms with E-state index in [2.05, 4.69) is 0 Å². The third-order valence-corrected chi connectivity index (χ3v) is 2.78. The van der Waals surface area contributed by atoms with E-state index < -0.39 is 6.10 Å². The van der Waals surface area contributed by atoms with Crippen molar-refractivity contribution in [2.75, 3.05) is 6.54 Å². The molecule has 0 radical (unpaired) electrons. The number of hydrogen-bond donors (Lipinski definition) is 2. The Morgan fingerprint density at radius 1 is 0.889 bits per heavy atom. The van der Waals surface area contributed by atoms with Gasteiger partial charge < -0.3 is 10.3 Å². The van der Waals surface area contributed by atoms with Crippen molar-refractivity contribution in [3.63, 3.8) is 0 Å². The average Bonchev–Trinajstić information content (AvgIpc) is 2.40. The Bertz CT molecular complexity index is 458. The lowest BCUT2D eigenvalue weighted by Crippen LogP contribution is -2.24. The first-order valence-electron chi connectivity index (χ1n) is 5.96. The van der Waals surface area contributed by atoms with E-state index in [1.54, 1.807) is 0 Å². The van der Waals surface area contributed by atoms with Gasteiger partial charge in [0.05, 0.1) is 12.6 Å². The molecule has 3 heteroatoms. The summed E-state index contributed by atoms with van der Waals surface area (Å²) in [4.78, 5) is 0. The van der Waals surface area contributed by atoms with Gasteiger partial charge in [-0.15, -0.1) is 0 Å². The molecule has 0 unspecified atom stereocenters. The van der Waals surface area contributed by atoms with Crippen LogP contribution in [0.15, 0.2) is 60.7 Å². The summed E-state index contributed by atoms with van der Waals surface area (Å²) in [5.41, 5.74) is 1.82. The van der Waals surface area contributed by atoms with Crippen LogP contribution in [-0.4, -0.2) is 21.9 Å². The van der Waals surface area contributed by atoms with Gasteiger partial charge in [0.25, 0.3) is 0 Å². The van der Waals surface area contributed by atoms with E-state index in [-0.39, 0.29) is 6.54 Å². The average molecular weight is 243 g/mol. The lowest BCUT2D eigenvalue weighted by atomic mass is 10.1. The molecule has 0 aliphatic rings. The highest BCUT2D eigenvalue weighted by atomic mass is 16.5. The normalized spacial score (nSPS) is 12.6. The molecule has 3 nitrogen and oxygen atoms in total. The summed E-state index contributed by atoms with van der Waals surface area (Å²) in [6.07, 6.45) is -0.681. The number of rotatable bonds is 5. The van der Waals surface area contributed by atoms with Crippen LogP contribution in [0.3, 0.4) is 0 Å². The van der Waals surface area contributed by atoms with E-state index in [0.717, 1.165) is 16.2 Å². The number of aliphatic hydroxyl groups excluding tert-OH is 1. The van der Waals surface area contributed by atoms with E-state index in [1.165, 1.54) is 0 Å². The van der Waals surface area contributed by atoms with Gasteiger partial charge >= 0.3 is 0 Å². The van der Waals surface area contributed by atoms with Gasteiger partial charge in [0, 0.05) is 6.54 Å². The zero-order chi connectivity index (χ0) is 12.8. The first-order valence-corrected chi connectivity index (χ1v) is 5.96. The molecule has 2 N–H and O–H groups in total. The van der Waals surface area contributed by atoms with Crippen LogP contribution in [0.1, 0.15) is 17.2 Å². The Balaban J connectivity index is 1.90. The minimum atomic E-state index is -0.681. The zero-order valence-corrected chi connectivity index (χ0v) is 10.1. The second-order valence-electron chi connectivity index (χ2n) is 4.26. The van der Waals surface area contributed by atoms with Crippen molar-refractivity contribution in [3.05, 3.63) is 71.8 Å². The Kier molecular flexibility index (Phi) is 4.47. The highest BCUT2D eigenvalue weighted by Crippen LogP contribution is 2.14. The van der Waals surface area contributed by atoms with Crippen LogP contribution in [0.2, 0.25) is 0 Å². The van der Waals surface area contributed by atoms with Crippen molar-refractivity contribution in [2.24, 2.45) is 0 Å². The maximum atomic E-state index is 9.97. The molecule has 18 heavy (non-hydrogen) atoms. The van der Waals surface area contributed by atoms with Gasteiger partial charge in [-0.2, -0.15) is 5.06 Å². The number of benzene rings is 2. The van der Waals surface area contributed by atoms with Crippen LogP contribution >= 0.6 is 0 Å². The summed E-state index contributed by atoms with van der Waals surface area (Å²) >= 11 is 0. The minimum absolute atomic E-state index is 0.193. The molecule has 0 saturated carbocycles. The summed E-state index contributed by atoms with van der Waals surface area (Å²) in [6, 6.07) is 19.0. The van der Waals surface area contributed by atoms with Crippen molar-refractivity contribution in [2.45, 2.75) is 12.6 Å². The van der Waals surface area contributed by atoms with Gasteiger partial charge in [0.15, 0.2) is 0 Å². The Hall–Kier alpha value is -1.68. The zero-order valence-electron chi connectivity index (χ0n) is 10.1. The monoisotopic (exact) mass is 243 g/mol. The molecule has 1 atom stereocenters. The van der Waals surface area contributed by atoms with Gasteiger partial charge in [-0.05, 0) is 11.1 Å². The largest absolute Gasteiger partial charge is 0.387 e. The Labute approximate surface area is 107 Å². The van der Waals surface area contributed by atoms with Crippen molar-refractivity contribution < 1.29 is 10.3 Å². The summed E-state index contributed by atoms with van der Waals surface area (Å²) in [7, 11) is 0. The fraction of sp³-hybridized carbons (Fsp3) is 0.200. The van der Waals surface area contributed by atoms with E-state index in [1.807, 2.05) is 60.7 Å². The van der Waals surface area contributed by atoms with Gasteiger partial charge in [0.1, 0.15) is 0 Å². The summed E-state index contributed by atoms with van der Waals surface area (Å²) in [5, 5.41) is 20.9. The fourth-order valence-electron chi connectivity index (χ4n) is 1.84. The molecule has 0 aromatic heterocycles. The molecule has 0 amide bonds. The molecule has 0 fully saturated rings. The van der Waals surface area contributed by atoms with Crippen LogP contribution in [0, 0.1) is 0 Å². The summed E-state index contributed by atoms with van der Waals surface area (Å²) in [5.74, 6) is 0. The molecular formula is C15H17NO2. The highest BCUT2D eigenvalue weighted by molar-refractivity contribution is 5.18. The van der Waals surface area contributed by atoms with Crippen LogP contribution in [0.25, 0.3) is 0 Å². The molecule has 0 bridgehead atoms. The van der Waals surface area contributed by atoms with Crippen molar-refractivity contribution in [1.82, 2.24) is 5.06 Å². The predicted octanol–water partition coefficient (Wildman–Crippen LogP) is 2.61. The molecule has 0 heterocycles. The smallest absolute Gasteiger partial charge is 0.0940 e. The second-order valence-corrected chi connectivity index (χ2v) is 4.26. The molecule has 2 aromatic rings. The van der Waals surface area contributed by atoms with E-state index >= 15 is 0 Å². The SMILES string of the molecule is O[C@H](CN(O)Cc1ccccc1)c1ccccc1. The number of hydroxylamine groups is 2. The topological polar surface area (TPSA) is 43.7 Å². The third-order valence-electron chi connectivity index (χ3n) is 2.78. The first kappa shape index (κ1) is 12.8. The number of nitrogens with zero attached hydrogens (tertiary/aromatic N) is 1. The van der Waals surface area contributed by atoms with E-state index in [4.69, 9.17) is 0 Å².